The Kier molecular flexibility index (Phi) is 9.02. The van der Waals surface area contributed by atoms with Gasteiger partial charge in [-0.2, -0.15) is 0 Å². The predicted molar refractivity (Wildman–Crippen MR) is 109 cm³/mol. The monoisotopic (exact) mass is 377 g/mol. The van der Waals surface area contributed by atoms with Crippen LogP contribution in [0.5, 0.6) is 0 Å². The highest BCUT2D eigenvalue weighted by atomic mass is 35.5. The van der Waals surface area contributed by atoms with Crippen molar-refractivity contribution >= 4 is 29.9 Å². The van der Waals surface area contributed by atoms with E-state index in [2.05, 4.69) is 39.3 Å². The first-order valence-electron chi connectivity index (χ1n) is 8.71. The largest absolute Gasteiger partial charge is 0.351 e. The number of rotatable bonds is 8. The predicted octanol–water partition coefficient (Wildman–Crippen LogP) is 3.33. The van der Waals surface area contributed by atoms with Crippen LogP contribution in [0.2, 0.25) is 0 Å². The maximum atomic E-state index is 12.2. The number of halogens is 1. The molecule has 2 aromatic rings. The topological polar surface area (TPSA) is 70.2 Å². The number of hydrogen-bond acceptors (Lipinski definition) is 5. The van der Waals surface area contributed by atoms with Crippen molar-refractivity contribution in [2.75, 3.05) is 31.5 Å². The van der Waals surface area contributed by atoms with E-state index in [4.69, 9.17) is 0 Å². The molecule has 2 rings (SSSR count). The Labute approximate surface area is 161 Å². The SMILES string of the molecule is CCN(CC)CCNC(=O)c1ccc(Nc2nc(C)cc(C)n2)cc1.Cl. The average molecular weight is 378 g/mol. The summed E-state index contributed by atoms with van der Waals surface area (Å²) in [6.07, 6.45) is 0. The summed E-state index contributed by atoms with van der Waals surface area (Å²) in [6.45, 7) is 11.6. The van der Waals surface area contributed by atoms with Crippen LogP contribution in [0.4, 0.5) is 11.6 Å². The molecule has 0 saturated carbocycles. The number of aromatic nitrogens is 2. The van der Waals surface area contributed by atoms with Crippen molar-refractivity contribution < 1.29 is 4.79 Å². The van der Waals surface area contributed by atoms with Gasteiger partial charge in [0.25, 0.3) is 5.91 Å². The molecule has 26 heavy (non-hydrogen) atoms. The summed E-state index contributed by atoms with van der Waals surface area (Å²) in [5.41, 5.74) is 3.33. The minimum atomic E-state index is -0.0543. The van der Waals surface area contributed by atoms with Crippen LogP contribution in [0.1, 0.15) is 35.6 Å². The maximum absolute atomic E-state index is 12.2. The molecule has 0 radical (unpaired) electrons. The zero-order valence-corrected chi connectivity index (χ0v) is 16.7. The lowest BCUT2D eigenvalue weighted by Crippen LogP contribution is -2.34. The summed E-state index contributed by atoms with van der Waals surface area (Å²) in [5.74, 6) is 0.510. The molecule has 6 nitrogen and oxygen atoms in total. The van der Waals surface area contributed by atoms with Crippen molar-refractivity contribution in [1.82, 2.24) is 20.2 Å². The van der Waals surface area contributed by atoms with Crippen molar-refractivity contribution in [2.45, 2.75) is 27.7 Å². The molecule has 7 heteroatoms. The van der Waals surface area contributed by atoms with Gasteiger partial charge in [0, 0.05) is 35.7 Å². The standard InChI is InChI=1S/C19H27N5O.ClH/c1-5-24(6-2)12-11-20-18(25)16-7-9-17(10-8-16)23-19-21-14(3)13-15(4)22-19;/h7-10,13H,5-6,11-12H2,1-4H3,(H,20,25)(H,21,22,23);1H. The number of nitrogens with zero attached hydrogens (tertiary/aromatic N) is 3. The van der Waals surface area contributed by atoms with Gasteiger partial charge in [-0.25, -0.2) is 9.97 Å². The van der Waals surface area contributed by atoms with Crippen molar-refractivity contribution in [2.24, 2.45) is 0 Å². The summed E-state index contributed by atoms with van der Waals surface area (Å²) >= 11 is 0. The molecule has 0 aliphatic heterocycles. The number of carbonyl (C=O) groups excluding carboxylic acids is 1. The van der Waals surface area contributed by atoms with E-state index in [1.165, 1.54) is 0 Å². The van der Waals surface area contributed by atoms with Gasteiger partial charge < -0.3 is 15.5 Å². The third-order valence-corrected chi connectivity index (χ3v) is 3.99. The molecule has 0 saturated heterocycles. The van der Waals surface area contributed by atoms with E-state index < -0.39 is 0 Å². The number of aryl methyl sites for hydroxylation is 2. The van der Waals surface area contributed by atoms with Crippen molar-refractivity contribution in [3.05, 3.63) is 47.3 Å². The third kappa shape index (κ3) is 6.61. The fourth-order valence-electron chi connectivity index (χ4n) is 2.59. The van der Waals surface area contributed by atoms with Gasteiger partial charge in [-0.05, 0) is 57.3 Å². The maximum Gasteiger partial charge on any atom is 0.251 e. The first kappa shape index (κ1) is 21.9. The highest BCUT2D eigenvalue weighted by Gasteiger charge is 2.07. The lowest BCUT2D eigenvalue weighted by atomic mass is 10.2. The Morgan fingerprint density at radius 2 is 1.62 bits per heavy atom. The first-order chi connectivity index (χ1) is 12.0. The minimum Gasteiger partial charge on any atom is -0.351 e. The van der Waals surface area contributed by atoms with Crippen molar-refractivity contribution in [1.29, 1.82) is 0 Å². The third-order valence-electron chi connectivity index (χ3n) is 3.99. The van der Waals surface area contributed by atoms with Crippen LogP contribution in [0.3, 0.4) is 0 Å². The number of amides is 1. The molecule has 1 aromatic heterocycles. The second-order valence-corrected chi connectivity index (χ2v) is 5.96. The average Bonchev–Trinajstić information content (AvgIpc) is 2.58. The number of likely N-dealkylation sites (N-methyl/N-ethyl adjacent to an activating group) is 1. The van der Waals surface area contributed by atoms with Crippen LogP contribution >= 0.6 is 12.4 Å². The van der Waals surface area contributed by atoms with Gasteiger partial charge in [0.2, 0.25) is 5.95 Å². The van der Waals surface area contributed by atoms with E-state index in [0.717, 1.165) is 36.7 Å². The van der Waals surface area contributed by atoms with Gasteiger partial charge in [-0.1, -0.05) is 13.8 Å². The summed E-state index contributed by atoms with van der Waals surface area (Å²) in [6, 6.07) is 9.26. The van der Waals surface area contributed by atoms with Gasteiger partial charge >= 0.3 is 0 Å². The Morgan fingerprint density at radius 3 is 2.15 bits per heavy atom. The summed E-state index contributed by atoms with van der Waals surface area (Å²) in [5, 5.41) is 6.12. The molecule has 0 fully saturated rings. The van der Waals surface area contributed by atoms with Crippen LogP contribution < -0.4 is 10.6 Å². The smallest absolute Gasteiger partial charge is 0.251 e. The highest BCUT2D eigenvalue weighted by Crippen LogP contribution is 2.15. The second kappa shape index (κ2) is 10.7. The number of hydrogen-bond donors (Lipinski definition) is 2. The Morgan fingerprint density at radius 1 is 1.04 bits per heavy atom. The molecule has 1 amide bonds. The fraction of sp³-hybridized carbons (Fsp3) is 0.421. The van der Waals surface area contributed by atoms with Crippen molar-refractivity contribution in [3.8, 4) is 0 Å². The van der Waals surface area contributed by atoms with Gasteiger partial charge in [0.05, 0.1) is 0 Å². The second-order valence-electron chi connectivity index (χ2n) is 5.96. The summed E-state index contributed by atoms with van der Waals surface area (Å²) in [7, 11) is 0. The fourth-order valence-corrected chi connectivity index (χ4v) is 2.59. The minimum absolute atomic E-state index is 0. The molecule has 0 unspecified atom stereocenters. The molecule has 0 bridgehead atoms. The van der Waals surface area contributed by atoms with Crippen molar-refractivity contribution in [3.63, 3.8) is 0 Å². The van der Waals surface area contributed by atoms with E-state index in [-0.39, 0.29) is 18.3 Å². The molecule has 0 spiro atoms. The van der Waals surface area contributed by atoms with Crippen LogP contribution in [0.25, 0.3) is 0 Å². The van der Waals surface area contributed by atoms with Gasteiger partial charge in [0.15, 0.2) is 0 Å². The van der Waals surface area contributed by atoms with E-state index in [1.54, 1.807) is 12.1 Å². The molecule has 2 N–H and O–H groups in total. The Bertz CT molecular complexity index is 681. The number of nitrogens with one attached hydrogen (secondary N) is 2. The molecule has 0 aliphatic carbocycles. The molecule has 1 heterocycles. The van der Waals surface area contributed by atoms with E-state index in [0.29, 0.717) is 18.1 Å². The molecule has 142 valence electrons. The zero-order chi connectivity index (χ0) is 18.2. The molecule has 0 aliphatic rings. The number of anilines is 2. The van der Waals surface area contributed by atoms with E-state index >= 15 is 0 Å². The van der Waals surface area contributed by atoms with E-state index in [9.17, 15) is 4.79 Å². The quantitative estimate of drug-likeness (QED) is 0.738. The van der Waals surface area contributed by atoms with Gasteiger partial charge in [0.1, 0.15) is 0 Å². The highest BCUT2D eigenvalue weighted by molar-refractivity contribution is 5.94. The van der Waals surface area contributed by atoms with Crippen LogP contribution in [-0.2, 0) is 0 Å². The lowest BCUT2D eigenvalue weighted by molar-refractivity contribution is 0.0949. The summed E-state index contributed by atoms with van der Waals surface area (Å²) < 4.78 is 0. The molecule has 0 atom stereocenters. The normalized spacial score (nSPS) is 10.3. The molecule has 1 aromatic carbocycles. The van der Waals surface area contributed by atoms with Crippen LogP contribution in [0.15, 0.2) is 30.3 Å². The number of benzene rings is 1. The zero-order valence-electron chi connectivity index (χ0n) is 15.9. The lowest BCUT2D eigenvalue weighted by Gasteiger charge is -2.18. The van der Waals surface area contributed by atoms with Gasteiger partial charge in [-0.3, -0.25) is 4.79 Å². The molecular formula is C19H28ClN5O. The van der Waals surface area contributed by atoms with Crippen LogP contribution in [-0.4, -0.2) is 47.0 Å². The Hall–Kier alpha value is -2.18. The first-order valence-corrected chi connectivity index (χ1v) is 8.71. The Balaban J connectivity index is 0.00000338. The van der Waals surface area contributed by atoms with Gasteiger partial charge in [-0.15, -0.1) is 12.4 Å². The number of carbonyl (C=O) groups is 1. The molecular weight excluding hydrogens is 350 g/mol. The summed E-state index contributed by atoms with van der Waals surface area (Å²) in [4.78, 5) is 23.2. The van der Waals surface area contributed by atoms with E-state index in [1.807, 2.05) is 32.0 Å². The van der Waals surface area contributed by atoms with Crippen LogP contribution in [0, 0.1) is 13.8 Å².